The molecule has 20 heavy (non-hydrogen) atoms. The number of rotatable bonds is 7. The van der Waals surface area contributed by atoms with Gasteiger partial charge in [0, 0.05) is 6.54 Å². The molecule has 0 aromatic heterocycles. The van der Waals surface area contributed by atoms with Gasteiger partial charge >= 0.3 is 0 Å². The van der Waals surface area contributed by atoms with Crippen LogP contribution in [0, 0.1) is 17.7 Å². The summed E-state index contributed by atoms with van der Waals surface area (Å²) < 4.78 is 13.4. The normalized spacial score (nSPS) is 12.2. The molecule has 4 heteroatoms. The first-order valence-corrected chi connectivity index (χ1v) is 7.59. The summed E-state index contributed by atoms with van der Waals surface area (Å²) in [5.74, 6) is 0.700. The van der Waals surface area contributed by atoms with E-state index in [9.17, 15) is 4.39 Å². The molecule has 0 unspecified atom stereocenters. The first kappa shape index (κ1) is 17.3. The second-order valence-electron chi connectivity index (χ2n) is 6.43. The Bertz CT molecular complexity index is 422. The number of nitrogens with two attached hydrogens (primary N) is 1. The molecule has 0 heterocycles. The molecule has 0 atom stereocenters. The Balaban J connectivity index is 3.06. The molecule has 2 nitrogen and oxygen atoms in total. The van der Waals surface area contributed by atoms with Gasteiger partial charge in [-0.1, -0.05) is 39.3 Å². The van der Waals surface area contributed by atoms with Crippen LogP contribution < -0.4 is 11.1 Å². The molecule has 3 N–H and O–H groups in total. The van der Waals surface area contributed by atoms with Crippen LogP contribution >= 0.6 is 11.6 Å². The zero-order valence-electron chi connectivity index (χ0n) is 12.8. The van der Waals surface area contributed by atoms with Crippen molar-refractivity contribution in [2.24, 2.45) is 17.6 Å². The molecule has 0 aliphatic heterocycles. The molecular weight excluding hydrogens is 275 g/mol. The average molecular weight is 301 g/mol. The largest absolute Gasteiger partial charge is 0.377 e. The predicted molar refractivity (Wildman–Crippen MR) is 85.7 cm³/mol. The summed E-state index contributed by atoms with van der Waals surface area (Å²) >= 11 is 6.16. The monoisotopic (exact) mass is 300 g/mol. The van der Waals surface area contributed by atoms with Gasteiger partial charge in [0.05, 0.1) is 16.2 Å². The topological polar surface area (TPSA) is 38.0 Å². The lowest BCUT2D eigenvalue weighted by Crippen LogP contribution is -2.47. The highest BCUT2D eigenvalue weighted by atomic mass is 35.5. The maximum Gasteiger partial charge on any atom is 0.125 e. The van der Waals surface area contributed by atoms with Crippen molar-refractivity contribution in [3.8, 4) is 0 Å². The Morgan fingerprint density at radius 3 is 2.20 bits per heavy atom. The van der Waals surface area contributed by atoms with Gasteiger partial charge in [0.1, 0.15) is 5.82 Å². The summed E-state index contributed by atoms with van der Waals surface area (Å²) in [5.41, 5.74) is 6.41. The van der Waals surface area contributed by atoms with Crippen LogP contribution in [-0.2, 0) is 0 Å². The standard InChI is InChI=1S/C16H26ClFN2/c1-11(2)8-16(10-19,9-12(3)4)20-15-7-13(18)5-6-14(15)17/h5-7,11-12,20H,8-10,19H2,1-4H3. The van der Waals surface area contributed by atoms with E-state index in [1.807, 2.05) is 0 Å². The number of hydrogen-bond acceptors (Lipinski definition) is 2. The van der Waals surface area contributed by atoms with Crippen LogP contribution in [0.4, 0.5) is 10.1 Å². The van der Waals surface area contributed by atoms with Crippen LogP contribution in [0.2, 0.25) is 5.02 Å². The third-order valence-electron chi connectivity index (χ3n) is 3.32. The fourth-order valence-corrected chi connectivity index (χ4v) is 3.01. The molecule has 0 aliphatic carbocycles. The first-order valence-electron chi connectivity index (χ1n) is 7.21. The smallest absolute Gasteiger partial charge is 0.125 e. The van der Waals surface area contributed by atoms with E-state index >= 15 is 0 Å². The molecule has 0 saturated heterocycles. The third-order valence-corrected chi connectivity index (χ3v) is 3.65. The van der Waals surface area contributed by atoms with Crippen LogP contribution in [0.25, 0.3) is 0 Å². The summed E-state index contributed by atoms with van der Waals surface area (Å²) in [4.78, 5) is 0. The predicted octanol–water partition coefficient (Wildman–Crippen LogP) is 4.68. The van der Waals surface area contributed by atoms with E-state index in [2.05, 4.69) is 33.0 Å². The van der Waals surface area contributed by atoms with Crippen LogP contribution in [0.5, 0.6) is 0 Å². The van der Waals surface area contributed by atoms with E-state index in [4.69, 9.17) is 17.3 Å². The molecule has 0 saturated carbocycles. The van der Waals surface area contributed by atoms with Crippen LogP contribution in [0.3, 0.4) is 0 Å². The molecule has 1 rings (SSSR count). The summed E-state index contributed by atoms with van der Waals surface area (Å²) in [6.45, 7) is 9.16. The highest BCUT2D eigenvalue weighted by molar-refractivity contribution is 6.33. The Hall–Kier alpha value is -0.800. The number of benzene rings is 1. The maximum atomic E-state index is 13.4. The van der Waals surface area contributed by atoms with Crippen molar-refractivity contribution < 1.29 is 4.39 Å². The van der Waals surface area contributed by atoms with Crippen molar-refractivity contribution in [1.29, 1.82) is 0 Å². The molecule has 0 radical (unpaired) electrons. The average Bonchev–Trinajstić information content (AvgIpc) is 2.32. The van der Waals surface area contributed by atoms with Crippen molar-refractivity contribution in [3.63, 3.8) is 0 Å². The zero-order chi connectivity index (χ0) is 15.3. The van der Waals surface area contributed by atoms with Gasteiger partial charge in [-0.3, -0.25) is 0 Å². The maximum absolute atomic E-state index is 13.4. The third kappa shape index (κ3) is 4.95. The van der Waals surface area contributed by atoms with Crippen molar-refractivity contribution in [1.82, 2.24) is 0 Å². The minimum atomic E-state index is -0.295. The quantitative estimate of drug-likeness (QED) is 0.767. The van der Waals surface area contributed by atoms with Gasteiger partial charge < -0.3 is 11.1 Å². The number of nitrogens with one attached hydrogen (secondary N) is 1. The fraction of sp³-hybridized carbons (Fsp3) is 0.625. The highest BCUT2D eigenvalue weighted by Gasteiger charge is 2.31. The van der Waals surface area contributed by atoms with Crippen LogP contribution in [0.1, 0.15) is 40.5 Å². The fourth-order valence-electron chi connectivity index (χ4n) is 2.85. The van der Waals surface area contributed by atoms with E-state index in [1.54, 1.807) is 6.07 Å². The van der Waals surface area contributed by atoms with Gasteiger partial charge in [0.2, 0.25) is 0 Å². The Labute approximate surface area is 126 Å². The number of hydrogen-bond donors (Lipinski definition) is 2. The summed E-state index contributed by atoms with van der Waals surface area (Å²) in [5, 5.41) is 3.94. The number of halogens is 2. The minimum absolute atomic E-state index is 0.250. The van der Waals surface area contributed by atoms with Gasteiger partial charge in [-0.25, -0.2) is 4.39 Å². The number of anilines is 1. The van der Waals surface area contributed by atoms with Crippen LogP contribution in [0.15, 0.2) is 18.2 Å². The molecule has 0 aliphatic rings. The molecule has 0 bridgehead atoms. The molecule has 1 aromatic rings. The van der Waals surface area contributed by atoms with Crippen molar-refractivity contribution in [3.05, 3.63) is 29.0 Å². The summed E-state index contributed by atoms with van der Waals surface area (Å²) in [6, 6.07) is 4.38. The summed E-state index contributed by atoms with van der Waals surface area (Å²) in [7, 11) is 0. The lowest BCUT2D eigenvalue weighted by atomic mass is 9.81. The highest BCUT2D eigenvalue weighted by Crippen LogP contribution is 2.32. The van der Waals surface area contributed by atoms with E-state index in [0.29, 0.717) is 29.1 Å². The minimum Gasteiger partial charge on any atom is -0.377 e. The van der Waals surface area contributed by atoms with Gasteiger partial charge in [-0.2, -0.15) is 0 Å². The first-order chi connectivity index (χ1) is 9.28. The second kappa shape index (κ2) is 7.28. The van der Waals surface area contributed by atoms with Crippen molar-refractivity contribution in [2.75, 3.05) is 11.9 Å². The molecule has 0 amide bonds. The van der Waals surface area contributed by atoms with Crippen molar-refractivity contribution in [2.45, 2.75) is 46.1 Å². The lowest BCUT2D eigenvalue weighted by Gasteiger charge is -2.38. The zero-order valence-corrected chi connectivity index (χ0v) is 13.6. The Morgan fingerprint density at radius 1 is 1.20 bits per heavy atom. The van der Waals surface area contributed by atoms with Gasteiger partial charge in [-0.15, -0.1) is 0 Å². The van der Waals surface area contributed by atoms with Gasteiger partial charge in [-0.05, 0) is 42.9 Å². The van der Waals surface area contributed by atoms with E-state index in [0.717, 1.165) is 12.8 Å². The summed E-state index contributed by atoms with van der Waals surface area (Å²) in [6.07, 6.45) is 1.85. The Morgan fingerprint density at radius 2 is 1.75 bits per heavy atom. The van der Waals surface area contributed by atoms with Gasteiger partial charge in [0.25, 0.3) is 0 Å². The Kier molecular flexibility index (Phi) is 6.28. The molecule has 0 fully saturated rings. The molecule has 114 valence electrons. The SMILES string of the molecule is CC(C)CC(CN)(CC(C)C)Nc1cc(F)ccc1Cl. The van der Waals surface area contributed by atoms with E-state index in [-0.39, 0.29) is 11.4 Å². The van der Waals surface area contributed by atoms with E-state index in [1.165, 1.54) is 12.1 Å². The lowest BCUT2D eigenvalue weighted by molar-refractivity contribution is 0.317. The molecule has 0 spiro atoms. The van der Waals surface area contributed by atoms with Gasteiger partial charge in [0.15, 0.2) is 0 Å². The molecule has 1 aromatic carbocycles. The molecular formula is C16H26ClFN2. The van der Waals surface area contributed by atoms with E-state index < -0.39 is 0 Å². The second-order valence-corrected chi connectivity index (χ2v) is 6.84. The van der Waals surface area contributed by atoms with Crippen molar-refractivity contribution >= 4 is 17.3 Å². The van der Waals surface area contributed by atoms with Crippen LogP contribution in [-0.4, -0.2) is 12.1 Å².